The lowest BCUT2D eigenvalue weighted by molar-refractivity contribution is 0.113. The predicted octanol–water partition coefficient (Wildman–Crippen LogP) is 4.14. The molecule has 1 unspecified atom stereocenters. The van der Waals surface area contributed by atoms with E-state index in [1.54, 1.807) is 0 Å². The molecule has 25 heavy (non-hydrogen) atoms. The van der Waals surface area contributed by atoms with Crippen LogP contribution in [0, 0.1) is 40.9 Å². The summed E-state index contributed by atoms with van der Waals surface area (Å²) in [5.41, 5.74) is 5.68. The minimum absolute atomic E-state index is 0.353. The van der Waals surface area contributed by atoms with Crippen LogP contribution < -0.4 is 5.50 Å². The lowest BCUT2D eigenvalue weighted by atomic mass is 10.1. The molecule has 1 saturated carbocycles. The first-order valence-electron chi connectivity index (χ1n) is 9.54. The van der Waals surface area contributed by atoms with Gasteiger partial charge in [-0.2, -0.15) is 5.26 Å². The average molecular weight is 366 g/mol. The van der Waals surface area contributed by atoms with Crippen molar-refractivity contribution in [1.82, 2.24) is 0 Å². The first kappa shape index (κ1) is 20.6. The molecule has 4 atom stereocenters. The van der Waals surface area contributed by atoms with E-state index in [0.29, 0.717) is 19.6 Å². The zero-order valence-corrected chi connectivity index (χ0v) is 16.0. The van der Waals surface area contributed by atoms with E-state index in [9.17, 15) is 0 Å². The van der Waals surface area contributed by atoms with Crippen LogP contribution in [0.3, 0.4) is 0 Å². The number of hydrogen-bond donors (Lipinski definition) is 1. The summed E-state index contributed by atoms with van der Waals surface area (Å²) in [5, 5.41) is 8.40. The lowest BCUT2D eigenvalue weighted by Gasteiger charge is -2.11. The van der Waals surface area contributed by atoms with Gasteiger partial charge in [0.25, 0.3) is 8.53 Å². The Balaban J connectivity index is 1.34. The Morgan fingerprint density at radius 2 is 1.60 bits per heavy atom. The lowest BCUT2D eigenvalue weighted by Crippen LogP contribution is -2.02. The van der Waals surface area contributed by atoms with E-state index in [1.165, 1.54) is 12.8 Å². The maximum Gasteiger partial charge on any atom is 0.252 e. The van der Waals surface area contributed by atoms with E-state index in [0.717, 1.165) is 69.5 Å². The minimum atomic E-state index is -1.32. The summed E-state index contributed by atoms with van der Waals surface area (Å²) in [4.78, 5) is 0. The Kier molecular flexibility index (Phi) is 10.4. The van der Waals surface area contributed by atoms with Gasteiger partial charge in [0.2, 0.25) is 0 Å². The zero-order valence-electron chi connectivity index (χ0n) is 15.1. The van der Waals surface area contributed by atoms with Crippen molar-refractivity contribution in [2.75, 3.05) is 26.4 Å². The van der Waals surface area contributed by atoms with E-state index in [-0.39, 0.29) is 0 Å². The van der Waals surface area contributed by atoms with E-state index >= 15 is 0 Å². The molecule has 6 heteroatoms. The van der Waals surface area contributed by atoms with Gasteiger partial charge in [0.1, 0.15) is 0 Å². The van der Waals surface area contributed by atoms with Crippen molar-refractivity contribution < 1.29 is 13.8 Å². The Morgan fingerprint density at radius 1 is 0.960 bits per heavy atom. The highest BCUT2D eigenvalue weighted by Crippen LogP contribution is 2.52. The van der Waals surface area contributed by atoms with Crippen molar-refractivity contribution in [3.05, 3.63) is 0 Å². The van der Waals surface area contributed by atoms with Gasteiger partial charge in [-0.15, -0.1) is 11.8 Å². The highest BCUT2D eigenvalue weighted by Gasteiger charge is 2.48. The summed E-state index contributed by atoms with van der Waals surface area (Å²) in [5.74, 6) is 9.07. The second-order valence-electron chi connectivity index (χ2n) is 6.77. The first-order valence-corrected chi connectivity index (χ1v) is 10.8. The Labute approximate surface area is 153 Å². The fourth-order valence-electron chi connectivity index (χ4n) is 3.53. The molecule has 0 aromatic carbocycles. The van der Waals surface area contributed by atoms with Crippen molar-refractivity contribution in [2.24, 2.45) is 23.3 Å². The number of hydrogen-bond acceptors (Lipinski definition) is 5. The van der Waals surface area contributed by atoms with Crippen LogP contribution in [0.2, 0.25) is 0 Å². The normalized spacial score (nSPS) is 25.7. The summed E-state index contributed by atoms with van der Waals surface area (Å²) in [7, 11) is -1.32. The molecule has 0 aromatic heterocycles. The number of unbranched alkanes of at least 4 members (excludes halogenated alkanes) is 3. The summed E-state index contributed by atoms with van der Waals surface area (Å²) in [6.07, 6.45) is 9.44. The Morgan fingerprint density at radius 3 is 2.28 bits per heavy atom. The largest absolute Gasteiger partial charge is 0.381 e. The topological polar surface area (TPSA) is 77.5 Å². The molecular formula is C19H31N2O3P. The smallest absolute Gasteiger partial charge is 0.252 e. The van der Waals surface area contributed by atoms with Crippen LogP contribution in [-0.2, 0) is 13.8 Å². The SMILES string of the molecule is N#CCCOP(N)OCCCCCCOC[C@@H]1[C@@H]2CCC#CCC[C@@H]21. The van der Waals surface area contributed by atoms with Gasteiger partial charge in [-0.05, 0) is 43.4 Å². The fraction of sp³-hybridized carbons (Fsp3) is 0.842. The molecule has 0 aliphatic heterocycles. The first-order chi connectivity index (χ1) is 12.3. The van der Waals surface area contributed by atoms with Crippen molar-refractivity contribution in [3.8, 4) is 17.9 Å². The number of nitrogens with zero attached hydrogens (tertiary/aromatic N) is 1. The van der Waals surface area contributed by atoms with Gasteiger partial charge in [-0.3, -0.25) is 5.50 Å². The number of rotatable bonds is 13. The quantitative estimate of drug-likeness (QED) is 0.301. The van der Waals surface area contributed by atoms with Crippen LogP contribution >= 0.6 is 8.53 Å². The Bertz CT molecular complexity index is 454. The van der Waals surface area contributed by atoms with Gasteiger partial charge < -0.3 is 13.8 Å². The summed E-state index contributed by atoms with van der Waals surface area (Å²) >= 11 is 0. The molecule has 2 N–H and O–H groups in total. The van der Waals surface area contributed by atoms with Gasteiger partial charge in [-0.25, -0.2) is 0 Å². The monoisotopic (exact) mass is 366 g/mol. The molecule has 0 heterocycles. The van der Waals surface area contributed by atoms with Gasteiger partial charge in [-0.1, -0.05) is 12.8 Å². The standard InChI is InChI=1S/C19H31N2O3P/c20-12-9-15-24-25(21)23-14-8-4-3-7-13-22-16-19-17-10-5-1-2-6-11-18(17)19/h17-19H,3-11,13-16,21H2/t17-,18+,19-,25?. The number of nitriles is 1. The van der Waals surface area contributed by atoms with Gasteiger partial charge >= 0.3 is 0 Å². The third kappa shape index (κ3) is 8.50. The molecule has 140 valence electrons. The molecule has 2 aliphatic rings. The summed E-state index contributed by atoms with van der Waals surface area (Å²) < 4.78 is 16.5. The van der Waals surface area contributed by atoms with E-state index in [1.807, 2.05) is 6.07 Å². The van der Waals surface area contributed by atoms with Crippen LogP contribution in [-0.4, -0.2) is 26.4 Å². The molecule has 0 aromatic rings. The van der Waals surface area contributed by atoms with Crippen molar-refractivity contribution in [1.29, 1.82) is 5.26 Å². The molecule has 1 fully saturated rings. The second kappa shape index (κ2) is 12.6. The van der Waals surface area contributed by atoms with E-state index in [2.05, 4.69) is 11.8 Å². The Hall–Kier alpha value is -0.680. The van der Waals surface area contributed by atoms with Crippen LogP contribution in [0.1, 0.15) is 57.8 Å². The maximum absolute atomic E-state index is 8.40. The third-order valence-corrected chi connectivity index (χ3v) is 5.86. The predicted molar refractivity (Wildman–Crippen MR) is 99.2 cm³/mol. The molecule has 0 spiro atoms. The van der Waals surface area contributed by atoms with E-state index in [4.69, 9.17) is 24.6 Å². The molecule has 0 amide bonds. The van der Waals surface area contributed by atoms with E-state index < -0.39 is 8.53 Å². The molecule has 5 nitrogen and oxygen atoms in total. The van der Waals surface area contributed by atoms with Crippen LogP contribution in [0.4, 0.5) is 0 Å². The van der Waals surface area contributed by atoms with Crippen molar-refractivity contribution in [3.63, 3.8) is 0 Å². The summed E-state index contributed by atoms with van der Waals surface area (Å²) in [6, 6.07) is 2.01. The van der Waals surface area contributed by atoms with Crippen LogP contribution in [0.15, 0.2) is 0 Å². The van der Waals surface area contributed by atoms with Gasteiger partial charge in [0.15, 0.2) is 0 Å². The molecule has 0 radical (unpaired) electrons. The van der Waals surface area contributed by atoms with Gasteiger partial charge in [0.05, 0.1) is 25.7 Å². The van der Waals surface area contributed by atoms with Crippen LogP contribution in [0.5, 0.6) is 0 Å². The second-order valence-corrected chi connectivity index (χ2v) is 7.86. The zero-order chi connectivity index (χ0) is 17.7. The minimum Gasteiger partial charge on any atom is -0.381 e. The van der Waals surface area contributed by atoms with Gasteiger partial charge in [0, 0.05) is 26.1 Å². The van der Waals surface area contributed by atoms with Crippen molar-refractivity contribution in [2.45, 2.75) is 57.8 Å². The highest BCUT2D eigenvalue weighted by atomic mass is 31.2. The molecule has 2 rings (SSSR count). The molecule has 2 aliphatic carbocycles. The number of ether oxygens (including phenoxy) is 1. The van der Waals surface area contributed by atoms with Crippen LogP contribution in [0.25, 0.3) is 0 Å². The average Bonchev–Trinajstić information content (AvgIpc) is 3.22. The third-order valence-electron chi connectivity index (χ3n) is 4.98. The van der Waals surface area contributed by atoms with Crippen molar-refractivity contribution >= 4 is 8.53 Å². The fourth-order valence-corrected chi connectivity index (χ4v) is 4.19. The number of fused-ring (bicyclic) bond motifs is 1. The molecule has 0 saturated heterocycles. The molecule has 0 bridgehead atoms. The highest BCUT2D eigenvalue weighted by molar-refractivity contribution is 7.44. The number of nitrogens with two attached hydrogens (primary N) is 1. The summed E-state index contributed by atoms with van der Waals surface area (Å²) in [6.45, 7) is 2.79. The molecular weight excluding hydrogens is 335 g/mol. The maximum atomic E-state index is 8.40.